The minimum absolute atomic E-state index is 0.104. The Morgan fingerprint density at radius 1 is 0.957 bits per heavy atom. The molecule has 0 radical (unpaired) electrons. The molecule has 23 heavy (non-hydrogen) atoms. The highest BCUT2D eigenvalue weighted by atomic mass is 16.2. The van der Waals surface area contributed by atoms with Gasteiger partial charge in [0.15, 0.2) is 0 Å². The van der Waals surface area contributed by atoms with Gasteiger partial charge in [0.05, 0.1) is 21.1 Å². The Balaban J connectivity index is 1.91. The Morgan fingerprint density at radius 3 is 2.35 bits per heavy atom. The maximum atomic E-state index is 13.0. The van der Waals surface area contributed by atoms with E-state index in [9.17, 15) is 4.79 Å². The summed E-state index contributed by atoms with van der Waals surface area (Å²) in [5.74, 6) is 0.104. The van der Waals surface area contributed by atoms with E-state index >= 15 is 0 Å². The second-order valence-corrected chi connectivity index (χ2v) is 7.10. The summed E-state index contributed by atoms with van der Waals surface area (Å²) in [6, 6.07) is 16.3. The monoisotopic (exact) mass is 309 g/mol. The first-order valence-corrected chi connectivity index (χ1v) is 8.29. The van der Waals surface area contributed by atoms with Gasteiger partial charge < -0.3 is 4.90 Å². The van der Waals surface area contributed by atoms with E-state index in [1.165, 1.54) is 11.3 Å². The standard InChI is InChI=1S/C20H25N2O/c1-22(2,3)18-13-11-17(12-14-18)20(23)21-15-7-6-9-16-8-4-5-10-19(16)21/h4-5,8,10-14H,6-7,9,15H2,1-3H3/q+1. The molecule has 1 aliphatic rings. The number of amides is 1. The molecule has 1 aliphatic heterocycles. The lowest BCUT2D eigenvalue weighted by Crippen LogP contribution is -2.35. The predicted octanol–water partition coefficient (Wildman–Crippen LogP) is 3.87. The Morgan fingerprint density at radius 2 is 1.65 bits per heavy atom. The minimum Gasteiger partial charge on any atom is -0.308 e. The molecular weight excluding hydrogens is 284 g/mol. The Kier molecular flexibility index (Phi) is 4.22. The van der Waals surface area contributed by atoms with Crippen molar-refractivity contribution in [2.45, 2.75) is 19.3 Å². The molecule has 2 aromatic rings. The number of hydrogen-bond acceptors (Lipinski definition) is 1. The molecule has 120 valence electrons. The first kappa shape index (κ1) is 15.8. The molecule has 3 nitrogen and oxygen atoms in total. The Bertz CT molecular complexity index is 698. The first-order valence-electron chi connectivity index (χ1n) is 8.29. The third-order valence-corrected chi connectivity index (χ3v) is 4.49. The smallest absolute Gasteiger partial charge is 0.258 e. The normalized spacial score (nSPS) is 15.0. The fraction of sp³-hybridized carbons (Fsp3) is 0.350. The molecule has 0 spiro atoms. The van der Waals surface area contributed by atoms with Crippen molar-refractivity contribution in [3.63, 3.8) is 0 Å². The molecule has 1 amide bonds. The second kappa shape index (κ2) is 6.17. The number of nitrogens with zero attached hydrogens (tertiary/aromatic N) is 2. The molecular formula is C20H25N2O+. The molecule has 0 atom stereocenters. The number of aryl methyl sites for hydroxylation is 1. The molecule has 0 aliphatic carbocycles. The van der Waals surface area contributed by atoms with Crippen LogP contribution >= 0.6 is 0 Å². The summed E-state index contributed by atoms with van der Waals surface area (Å²) in [5.41, 5.74) is 4.31. The van der Waals surface area contributed by atoms with Gasteiger partial charge in [-0.1, -0.05) is 18.2 Å². The van der Waals surface area contributed by atoms with E-state index < -0.39 is 0 Å². The number of carbonyl (C=O) groups is 1. The molecule has 0 aromatic heterocycles. The molecule has 0 bridgehead atoms. The molecule has 0 saturated heterocycles. The Labute approximate surface area is 138 Å². The fourth-order valence-electron chi connectivity index (χ4n) is 3.11. The molecule has 0 N–H and O–H groups in total. The van der Waals surface area contributed by atoms with Crippen molar-refractivity contribution in [1.29, 1.82) is 0 Å². The van der Waals surface area contributed by atoms with Crippen molar-refractivity contribution < 1.29 is 4.79 Å². The van der Waals surface area contributed by atoms with Crippen LogP contribution in [0.1, 0.15) is 28.8 Å². The van der Waals surface area contributed by atoms with E-state index in [0.29, 0.717) is 0 Å². The van der Waals surface area contributed by atoms with Crippen molar-refractivity contribution in [1.82, 2.24) is 4.48 Å². The summed E-state index contributed by atoms with van der Waals surface area (Å²) < 4.78 is 0.751. The zero-order valence-electron chi connectivity index (χ0n) is 14.2. The van der Waals surface area contributed by atoms with Crippen LogP contribution in [0.15, 0.2) is 48.5 Å². The van der Waals surface area contributed by atoms with Gasteiger partial charge in [0.25, 0.3) is 5.91 Å². The van der Waals surface area contributed by atoms with E-state index in [-0.39, 0.29) is 5.91 Å². The minimum atomic E-state index is 0.104. The topological polar surface area (TPSA) is 20.3 Å². The van der Waals surface area contributed by atoms with Crippen LogP contribution < -0.4 is 9.38 Å². The SMILES string of the molecule is C[N+](C)(C)c1ccc(C(=O)N2CCCCc3ccccc32)cc1. The van der Waals surface area contributed by atoms with E-state index in [0.717, 1.165) is 41.5 Å². The van der Waals surface area contributed by atoms with Crippen LogP contribution in [0, 0.1) is 0 Å². The molecule has 0 saturated carbocycles. The summed E-state index contributed by atoms with van der Waals surface area (Å²) in [6.45, 7) is 0.799. The van der Waals surface area contributed by atoms with Crippen LogP contribution in [0.3, 0.4) is 0 Å². The number of quaternary nitrogens is 1. The maximum Gasteiger partial charge on any atom is 0.258 e. The van der Waals surface area contributed by atoms with Gasteiger partial charge in [-0.05, 0) is 55.2 Å². The van der Waals surface area contributed by atoms with Crippen molar-refractivity contribution in [2.75, 3.05) is 32.6 Å². The highest BCUT2D eigenvalue weighted by Crippen LogP contribution is 2.28. The average molecular weight is 309 g/mol. The summed E-state index contributed by atoms with van der Waals surface area (Å²) in [6.07, 6.45) is 3.25. The quantitative estimate of drug-likeness (QED) is 0.771. The van der Waals surface area contributed by atoms with Gasteiger partial charge in [-0.15, -0.1) is 0 Å². The number of anilines is 1. The second-order valence-electron chi connectivity index (χ2n) is 7.10. The molecule has 1 heterocycles. The number of rotatable bonds is 2. The number of fused-ring (bicyclic) bond motifs is 1. The summed E-state index contributed by atoms with van der Waals surface area (Å²) in [7, 11) is 6.38. The zero-order valence-corrected chi connectivity index (χ0v) is 14.2. The maximum absolute atomic E-state index is 13.0. The molecule has 2 aromatic carbocycles. The summed E-state index contributed by atoms with van der Waals surface area (Å²) >= 11 is 0. The third kappa shape index (κ3) is 3.30. The number of para-hydroxylation sites is 1. The van der Waals surface area contributed by atoms with Gasteiger partial charge >= 0.3 is 0 Å². The molecule has 3 rings (SSSR count). The van der Waals surface area contributed by atoms with Crippen LogP contribution in [0.2, 0.25) is 0 Å². The zero-order chi connectivity index (χ0) is 16.4. The van der Waals surface area contributed by atoms with Gasteiger partial charge in [0.1, 0.15) is 5.69 Å². The lowest BCUT2D eigenvalue weighted by molar-refractivity contribution is 0.0987. The van der Waals surface area contributed by atoms with Crippen molar-refractivity contribution in [3.05, 3.63) is 59.7 Å². The highest BCUT2D eigenvalue weighted by molar-refractivity contribution is 6.06. The van der Waals surface area contributed by atoms with E-state index in [2.05, 4.69) is 51.5 Å². The third-order valence-electron chi connectivity index (χ3n) is 4.49. The van der Waals surface area contributed by atoms with Crippen LogP contribution in [0.5, 0.6) is 0 Å². The highest BCUT2D eigenvalue weighted by Gasteiger charge is 2.22. The van der Waals surface area contributed by atoms with Gasteiger partial charge in [-0.25, -0.2) is 0 Å². The van der Waals surface area contributed by atoms with Crippen molar-refractivity contribution >= 4 is 17.3 Å². The van der Waals surface area contributed by atoms with Gasteiger partial charge in [-0.3, -0.25) is 9.28 Å². The van der Waals surface area contributed by atoms with Gasteiger partial charge in [0, 0.05) is 17.8 Å². The van der Waals surface area contributed by atoms with Gasteiger partial charge in [-0.2, -0.15) is 0 Å². The van der Waals surface area contributed by atoms with E-state index in [1.807, 2.05) is 23.1 Å². The molecule has 0 fully saturated rings. The lowest BCUT2D eigenvalue weighted by Gasteiger charge is -2.25. The van der Waals surface area contributed by atoms with Crippen LogP contribution in [-0.4, -0.2) is 33.6 Å². The van der Waals surface area contributed by atoms with E-state index in [1.54, 1.807) is 0 Å². The average Bonchev–Trinajstić information content (AvgIpc) is 2.76. The number of hydrogen-bond donors (Lipinski definition) is 0. The molecule has 0 unspecified atom stereocenters. The first-order chi connectivity index (χ1) is 11.0. The van der Waals surface area contributed by atoms with Crippen molar-refractivity contribution in [3.8, 4) is 0 Å². The van der Waals surface area contributed by atoms with Crippen LogP contribution in [0.4, 0.5) is 11.4 Å². The van der Waals surface area contributed by atoms with Crippen LogP contribution in [0.25, 0.3) is 0 Å². The number of carbonyl (C=O) groups excluding carboxylic acids is 1. The molecule has 3 heteroatoms. The number of benzene rings is 2. The van der Waals surface area contributed by atoms with Crippen molar-refractivity contribution in [2.24, 2.45) is 0 Å². The largest absolute Gasteiger partial charge is 0.308 e. The lowest BCUT2D eigenvalue weighted by atomic mass is 10.1. The van der Waals surface area contributed by atoms with Crippen LogP contribution in [-0.2, 0) is 6.42 Å². The Hall–Kier alpha value is -2.13. The van der Waals surface area contributed by atoms with Gasteiger partial charge in [0.2, 0.25) is 0 Å². The summed E-state index contributed by atoms with van der Waals surface area (Å²) in [5, 5.41) is 0. The fourth-order valence-corrected chi connectivity index (χ4v) is 3.11. The van der Waals surface area contributed by atoms with E-state index in [4.69, 9.17) is 0 Å². The predicted molar refractivity (Wildman–Crippen MR) is 97.1 cm³/mol. The summed E-state index contributed by atoms with van der Waals surface area (Å²) in [4.78, 5) is 14.9.